The quantitative estimate of drug-likeness (QED) is 0.906. The molecule has 21 heavy (non-hydrogen) atoms. The lowest BCUT2D eigenvalue weighted by Gasteiger charge is -2.30. The van der Waals surface area contributed by atoms with Crippen LogP contribution in [0.15, 0.2) is 30.3 Å². The van der Waals surface area contributed by atoms with Gasteiger partial charge in [0, 0.05) is 19.4 Å². The molecular formula is C17H23NO3. The maximum Gasteiger partial charge on any atom is 0.326 e. The number of likely N-dealkylation sites (N-methyl/N-ethyl adjacent to an activating group) is 1. The molecular weight excluding hydrogens is 266 g/mol. The number of carbonyl (C=O) groups excluding carboxylic acids is 1. The molecule has 0 aromatic heterocycles. The van der Waals surface area contributed by atoms with Gasteiger partial charge in [0.1, 0.15) is 6.04 Å². The van der Waals surface area contributed by atoms with Crippen molar-refractivity contribution in [3.05, 3.63) is 35.9 Å². The smallest absolute Gasteiger partial charge is 0.326 e. The Balaban J connectivity index is 2.06. The molecule has 0 saturated heterocycles. The maximum absolute atomic E-state index is 12.5. The highest BCUT2D eigenvalue weighted by Gasteiger charge is 2.31. The first-order valence-electron chi connectivity index (χ1n) is 7.63. The first-order chi connectivity index (χ1) is 10.1. The zero-order valence-electron chi connectivity index (χ0n) is 12.5. The fourth-order valence-corrected chi connectivity index (χ4v) is 3.02. The van der Waals surface area contributed by atoms with Crippen molar-refractivity contribution >= 4 is 11.9 Å². The van der Waals surface area contributed by atoms with Crippen LogP contribution in [0.3, 0.4) is 0 Å². The van der Waals surface area contributed by atoms with Gasteiger partial charge in [-0.05, 0) is 18.4 Å². The van der Waals surface area contributed by atoms with E-state index in [1.807, 2.05) is 30.3 Å². The molecule has 1 fully saturated rings. The van der Waals surface area contributed by atoms with E-state index in [9.17, 15) is 14.7 Å². The molecule has 1 N–H and O–H groups in total. The number of aliphatic carboxylic acids is 1. The van der Waals surface area contributed by atoms with Gasteiger partial charge >= 0.3 is 5.97 Å². The lowest BCUT2D eigenvalue weighted by molar-refractivity contribution is -0.151. The van der Waals surface area contributed by atoms with Crippen molar-refractivity contribution < 1.29 is 14.7 Å². The number of carboxylic acid groups (broad SMARTS) is 1. The summed E-state index contributed by atoms with van der Waals surface area (Å²) in [5, 5.41) is 9.46. The minimum Gasteiger partial charge on any atom is -0.480 e. The van der Waals surface area contributed by atoms with Crippen LogP contribution >= 0.6 is 0 Å². The molecule has 1 amide bonds. The van der Waals surface area contributed by atoms with E-state index in [4.69, 9.17) is 0 Å². The number of carbonyl (C=O) groups is 2. The average molecular weight is 289 g/mol. The van der Waals surface area contributed by atoms with Crippen molar-refractivity contribution in [2.75, 3.05) is 7.05 Å². The third kappa shape index (κ3) is 4.06. The molecule has 1 unspecified atom stereocenters. The highest BCUT2D eigenvalue weighted by molar-refractivity contribution is 5.85. The Morgan fingerprint density at radius 3 is 2.38 bits per heavy atom. The van der Waals surface area contributed by atoms with Gasteiger partial charge in [0.25, 0.3) is 0 Å². The predicted octanol–water partition coefficient (Wildman–Crippen LogP) is 2.72. The molecule has 0 radical (unpaired) electrons. The van der Waals surface area contributed by atoms with Crippen LogP contribution in [0.25, 0.3) is 0 Å². The fourth-order valence-electron chi connectivity index (χ4n) is 3.02. The standard InChI is InChI=1S/C17H23NO3/c1-18(16(19)14-10-6-3-7-11-14)15(17(20)21)12-13-8-4-2-5-9-13/h2,4-5,8-9,14-15H,3,6-7,10-12H2,1H3,(H,20,21). The number of hydrogen-bond donors (Lipinski definition) is 1. The average Bonchev–Trinajstić information content (AvgIpc) is 2.53. The van der Waals surface area contributed by atoms with E-state index >= 15 is 0 Å². The number of carboxylic acids is 1. The number of nitrogens with zero attached hydrogens (tertiary/aromatic N) is 1. The van der Waals surface area contributed by atoms with Crippen LogP contribution in [0, 0.1) is 5.92 Å². The third-order valence-electron chi connectivity index (χ3n) is 4.33. The Morgan fingerprint density at radius 2 is 1.81 bits per heavy atom. The van der Waals surface area contributed by atoms with Gasteiger partial charge in [-0.25, -0.2) is 4.79 Å². The fraction of sp³-hybridized carbons (Fsp3) is 0.529. The second-order valence-corrected chi connectivity index (χ2v) is 5.83. The van der Waals surface area contributed by atoms with Gasteiger partial charge in [0.15, 0.2) is 0 Å². The molecule has 0 aliphatic heterocycles. The molecule has 4 nitrogen and oxygen atoms in total. The largest absolute Gasteiger partial charge is 0.480 e. The van der Waals surface area contributed by atoms with Gasteiger partial charge in [0.05, 0.1) is 0 Å². The molecule has 1 aliphatic rings. The van der Waals surface area contributed by atoms with Crippen molar-refractivity contribution in [2.24, 2.45) is 5.92 Å². The molecule has 1 aliphatic carbocycles. The summed E-state index contributed by atoms with van der Waals surface area (Å²) in [6.07, 6.45) is 5.45. The van der Waals surface area contributed by atoms with Gasteiger partial charge in [-0.2, -0.15) is 0 Å². The second-order valence-electron chi connectivity index (χ2n) is 5.83. The summed E-state index contributed by atoms with van der Waals surface area (Å²) in [6, 6.07) is 8.68. The van der Waals surface area contributed by atoms with E-state index in [1.54, 1.807) is 7.05 Å². The summed E-state index contributed by atoms with van der Waals surface area (Å²) in [5.41, 5.74) is 0.938. The van der Waals surface area contributed by atoms with E-state index in [2.05, 4.69) is 0 Å². The van der Waals surface area contributed by atoms with Crippen LogP contribution in [-0.4, -0.2) is 35.0 Å². The lowest BCUT2D eigenvalue weighted by atomic mass is 9.88. The summed E-state index contributed by atoms with van der Waals surface area (Å²) < 4.78 is 0. The molecule has 0 bridgehead atoms. The van der Waals surface area contributed by atoms with Crippen LogP contribution in [0.1, 0.15) is 37.7 Å². The molecule has 0 heterocycles. The Labute approximate surface area is 125 Å². The molecule has 114 valence electrons. The van der Waals surface area contributed by atoms with E-state index in [1.165, 1.54) is 11.3 Å². The maximum atomic E-state index is 12.5. The highest BCUT2D eigenvalue weighted by atomic mass is 16.4. The third-order valence-corrected chi connectivity index (χ3v) is 4.33. The zero-order chi connectivity index (χ0) is 15.2. The van der Waals surface area contributed by atoms with E-state index in [0.29, 0.717) is 6.42 Å². The van der Waals surface area contributed by atoms with Crippen LogP contribution in [0.5, 0.6) is 0 Å². The number of amides is 1. The monoisotopic (exact) mass is 289 g/mol. The lowest BCUT2D eigenvalue weighted by Crippen LogP contribution is -2.46. The SMILES string of the molecule is CN(C(=O)C1CCCCC1)C(Cc1ccccc1)C(=O)O. The first-order valence-corrected chi connectivity index (χ1v) is 7.63. The van der Waals surface area contributed by atoms with Gasteiger partial charge < -0.3 is 10.0 Å². The van der Waals surface area contributed by atoms with Crippen LogP contribution < -0.4 is 0 Å². The molecule has 0 spiro atoms. The Kier molecular flexibility index (Phi) is 5.37. The van der Waals surface area contributed by atoms with E-state index in [0.717, 1.165) is 31.2 Å². The van der Waals surface area contributed by atoms with Gasteiger partial charge in [-0.3, -0.25) is 4.79 Å². The molecule has 1 aromatic rings. The summed E-state index contributed by atoms with van der Waals surface area (Å²) in [5.74, 6) is -0.954. The van der Waals surface area contributed by atoms with Gasteiger partial charge in [0.2, 0.25) is 5.91 Å². The minimum absolute atomic E-state index is 0.00127. The molecule has 1 atom stereocenters. The topological polar surface area (TPSA) is 57.6 Å². The minimum atomic E-state index is -0.939. The van der Waals surface area contributed by atoms with Crippen molar-refractivity contribution in [3.63, 3.8) is 0 Å². The van der Waals surface area contributed by atoms with Crippen molar-refractivity contribution in [1.29, 1.82) is 0 Å². The summed E-state index contributed by atoms with van der Waals surface area (Å²) in [7, 11) is 1.62. The number of rotatable bonds is 5. The number of benzene rings is 1. The predicted molar refractivity (Wildman–Crippen MR) is 80.9 cm³/mol. The summed E-state index contributed by atoms with van der Waals surface area (Å²) >= 11 is 0. The van der Waals surface area contributed by atoms with E-state index < -0.39 is 12.0 Å². The van der Waals surface area contributed by atoms with Crippen LogP contribution in [-0.2, 0) is 16.0 Å². The number of hydrogen-bond acceptors (Lipinski definition) is 2. The molecule has 1 saturated carbocycles. The molecule has 4 heteroatoms. The Morgan fingerprint density at radius 1 is 1.19 bits per heavy atom. The van der Waals surface area contributed by atoms with Crippen molar-refractivity contribution in [3.8, 4) is 0 Å². The van der Waals surface area contributed by atoms with E-state index in [-0.39, 0.29) is 11.8 Å². The zero-order valence-corrected chi connectivity index (χ0v) is 12.5. The Hall–Kier alpha value is -1.84. The van der Waals surface area contributed by atoms with Gasteiger partial charge in [-0.1, -0.05) is 49.6 Å². The normalized spacial score (nSPS) is 17.2. The highest BCUT2D eigenvalue weighted by Crippen LogP contribution is 2.26. The van der Waals surface area contributed by atoms with Gasteiger partial charge in [-0.15, -0.1) is 0 Å². The van der Waals surface area contributed by atoms with Crippen molar-refractivity contribution in [1.82, 2.24) is 4.90 Å². The Bertz CT molecular complexity index is 480. The second kappa shape index (κ2) is 7.25. The van der Waals surface area contributed by atoms with Crippen molar-refractivity contribution in [2.45, 2.75) is 44.6 Å². The molecule has 1 aromatic carbocycles. The first kappa shape index (κ1) is 15.5. The molecule has 2 rings (SSSR count). The summed E-state index contributed by atoms with van der Waals surface area (Å²) in [6.45, 7) is 0. The van der Waals surface area contributed by atoms with Crippen LogP contribution in [0.2, 0.25) is 0 Å². The summed E-state index contributed by atoms with van der Waals surface area (Å²) in [4.78, 5) is 25.5. The van der Waals surface area contributed by atoms with Crippen LogP contribution in [0.4, 0.5) is 0 Å².